The molecule has 1 spiro atoms. The molecular weight excluding hydrogens is 504 g/mol. The molecule has 8 rings (SSSR count). The van der Waals surface area contributed by atoms with Crippen LogP contribution < -0.4 is 4.90 Å². The van der Waals surface area contributed by atoms with Gasteiger partial charge in [0.25, 0.3) is 0 Å². The summed E-state index contributed by atoms with van der Waals surface area (Å²) in [7, 11) is 0. The Morgan fingerprint density at radius 1 is 0.951 bits per heavy atom. The molecule has 5 heteroatoms. The fourth-order valence-electron chi connectivity index (χ4n) is 9.84. The van der Waals surface area contributed by atoms with Crippen LogP contribution in [0.25, 0.3) is 27.4 Å². The summed E-state index contributed by atoms with van der Waals surface area (Å²) in [6.45, 7) is 4.60. The number of nitrogens with one attached hydrogen (secondary N) is 2. The monoisotopic (exact) mass is 549 g/mol. The van der Waals surface area contributed by atoms with Crippen molar-refractivity contribution in [3.8, 4) is 0 Å². The molecule has 0 amide bonds. The highest BCUT2D eigenvalue weighted by atomic mass is 16.3. The van der Waals surface area contributed by atoms with Gasteiger partial charge < -0.3 is 19.9 Å². The van der Waals surface area contributed by atoms with E-state index in [1.54, 1.807) is 4.90 Å². The number of piperidine rings is 1. The Kier molecular flexibility index (Phi) is 6.46. The predicted octanol–water partition coefficient (Wildman–Crippen LogP) is 5.44. The van der Waals surface area contributed by atoms with Gasteiger partial charge in [0.15, 0.2) is 0 Å². The molecule has 5 aliphatic rings. The Hall–Kier alpha value is -2.73. The van der Waals surface area contributed by atoms with Crippen molar-refractivity contribution in [1.29, 1.82) is 0 Å². The number of aromatic nitrogens is 2. The summed E-state index contributed by atoms with van der Waals surface area (Å²) < 4.78 is 0. The number of hydrogen-bond acceptors (Lipinski definition) is 3. The number of pyridine rings is 1. The minimum atomic E-state index is -0.861. The third kappa shape index (κ3) is 4.18. The number of aromatic amines is 1. The van der Waals surface area contributed by atoms with Gasteiger partial charge in [0, 0.05) is 35.5 Å². The lowest BCUT2D eigenvalue weighted by atomic mass is 9.54. The van der Waals surface area contributed by atoms with E-state index in [1.165, 1.54) is 68.0 Å². The molecule has 7 atom stereocenters. The largest absolute Gasteiger partial charge is 0.379 e. The average Bonchev–Trinajstić information content (AvgIpc) is 3.49. The Morgan fingerprint density at radius 3 is 2.80 bits per heavy atom. The first kappa shape index (κ1) is 25.9. The Balaban J connectivity index is 1.35. The summed E-state index contributed by atoms with van der Waals surface area (Å²) in [4.78, 5) is 13.3. The summed E-state index contributed by atoms with van der Waals surface area (Å²) in [5, 5.41) is 15.6. The summed E-state index contributed by atoms with van der Waals surface area (Å²) in [6.07, 6.45) is 25.5. The first-order chi connectivity index (χ1) is 20.2. The number of para-hydroxylation sites is 1. The number of nitrogens with zero attached hydrogens (tertiary/aromatic N) is 2. The number of quaternary nitrogens is 1. The normalized spacial score (nSPS) is 37.4. The van der Waals surface area contributed by atoms with Gasteiger partial charge in [-0.1, -0.05) is 36.4 Å². The number of benzene rings is 1. The highest BCUT2D eigenvalue weighted by Gasteiger charge is 2.68. The number of fused-ring (bicyclic) bond motifs is 5. The van der Waals surface area contributed by atoms with Crippen LogP contribution in [0.1, 0.15) is 69.9 Å². The summed E-state index contributed by atoms with van der Waals surface area (Å²) in [6, 6.07) is 11.5. The van der Waals surface area contributed by atoms with Crippen molar-refractivity contribution >= 4 is 27.4 Å². The van der Waals surface area contributed by atoms with Crippen molar-refractivity contribution in [2.45, 2.75) is 81.9 Å². The summed E-state index contributed by atoms with van der Waals surface area (Å²) >= 11 is 0. The van der Waals surface area contributed by atoms with E-state index in [4.69, 9.17) is 4.98 Å². The van der Waals surface area contributed by atoms with Crippen molar-refractivity contribution in [2.24, 2.45) is 11.3 Å². The molecule has 3 unspecified atom stereocenters. The van der Waals surface area contributed by atoms with Gasteiger partial charge in [0.05, 0.1) is 23.2 Å². The minimum Gasteiger partial charge on any atom is -0.379 e. The van der Waals surface area contributed by atoms with Gasteiger partial charge in [-0.15, -0.1) is 0 Å². The van der Waals surface area contributed by atoms with E-state index >= 15 is 0 Å². The third-order valence-electron chi connectivity index (χ3n) is 11.4. The summed E-state index contributed by atoms with van der Waals surface area (Å²) in [5.74, 6) is 0.406. The van der Waals surface area contributed by atoms with Gasteiger partial charge in [0.2, 0.25) is 0 Å². The fraction of sp³-hybridized carbons (Fsp3) is 0.528. The Morgan fingerprint density at radius 2 is 1.83 bits per heavy atom. The lowest BCUT2D eigenvalue weighted by Gasteiger charge is -2.55. The molecule has 1 aromatic carbocycles. The Labute approximate surface area is 244 Å². The number of allylic oxidation sites excluding steroid dienone is 4. The van der Waals surface area contributed by atoms with Crippen molar-refractivity contribution in [1.82, 2.24) is 14.9 Å². The molecule has 3 aromatic rings. The highest BCUT2D eigenvalue weighted by Crippen LogP contribution is 2.57. The predicted molar refractivity (Wildman–Crippen MR) is 167 cm³/mol. The van der Waals surface area contributed by atoms with Gasteiger partial charge in [-0.2, -0.15) is 0 Å². The zero-order chi connectivity index (χ0) is 27.4. The third-order valence-corrected chi connectivity index (χ3v) is 11.4. The lowest BCUT2D eigenvalue weighted by molar-refractivity contribution is -0.940. The fourth-order valence-corrected chi connectivity index (χ4v) is 9.84. The van der Waals surface area contributed by atoms with E-state index in [9.17, 15) is 5.11 Å². The second kappa shape index (κ2) is 10.2. The SMILES string of the molecule is O[C@]12C=C(c3nccc4c3[nH]c3ccccc34)[C@@H]3CCN(CCCCC=CCC1)C[C@@]31CC3C=CCCCC[NH+]3[C@H]12. The summed E-state index contributed by atoms with van der Waals surface area (Å²) in [5.41, 5.74) is 3.85. The molecule has 5 nitrogen and oxygen atoms in total. The van der Waals surface area contributed by atoms with Gasteiger partial charge >= 0.3 is 0 Å². The molecule has 3 N–H and O–H groups in total. The van der Waals surface area contributed by atoms with Gasteiger partial charge in [0.1, 0.15) is 17.7 Å². The molecule has 2 fully saturated rings. The average molecular weight is 550 g/mol. The van der Waals surface area contributed by atoms with E-state index in [2.05, 4.69) is 70.6 Å². The van der Waals surface area contributed by atoms with E-state index in [0.29, 0.717) is 12.0 Å². The molecule has 2 saturated heterocycles. The van der Waals surface area contributed by atoms with Crippen molar-refractivity contribution in [3.05, 3.63) is 72.6 Å². The van der Waals surface area contributed by atoms with Crippen molar-refractivity contribution in [2.75, 3.05) is 26.2 Å². The lowest BCUT2D eigenvalue weighted by Crippen LogP contribution is -3.20. The number of aliphatic hydroxyl groups is 1. The quantitative estimate of drug-likeness (QED) is 0.355. The van der Waals surface area contributed by atoms with Gasteiger partial charge in [-0.25, -0.2) is 0 Å². The molecular formula is C36H45N4O+. The molecule has 3 bridgehead atoms. The highest BCUT2D eigenvalue weighted by molar-refractivity contribution is 6.09. The number of H-pyrrole nitrogens is 1. The molecule has 214 valence electrons. The van der Waals surface area contributed by atoms with Crippen LogP contribution in [0.4, 0.5) is 0 Å². The maximum Gasteiger partial charge on any atom is 0.136 e. The van der Waals surface area contributed by atoms with E-state index in [-0.39, 0.29) is 11.5 Å². The smallest absolute Gasteiger partial charge is 0.136 e. The van der Waals surface area contributed by atoms with Crippen LogP contribution in [0.15, 0.2) is 66.9 Å². The van der Waals surface area contributed by atoms with Crippen LogP contribution in [0, 0.1) is 11.3 Å². The molecule has 6 heterocycles. The molecule has 4 aliphatic heterocycles. The van der Waals surface area contributed by atoms with Crippen molar-refractivity contribution < 1.29 is 10.0 Å². The number of hydrogen-bond donors (Lipinski definition) is 3. The van der Waals surface area contributed by atoms with E-state index < -0.39 is 5.60 Å². The van der Waals surface area contributed by atoms with Gasteiger partial charge in [-0.3, -0.25) is 4.98 Å². The second-order valence-electron chi connectivity index (χ2n) is 13.7. The van der Waals surface area contributed by atoms with Crippen LogP contribution in [0.5, 0.6) is 0 Å². The standard InChI is InChI=1S/C36H44N4O/c41-36-18-10-4-1-2-5-11-20-39-22-17-30(35(25-39)23-26-13-7-3-6-12-21-40(26)34(35)36)29(24-36)32-33-28(16-19-37-32)27-14-8-9-15-31(27)38-33/h1,4,7-9,13-16,19,24,26,30,34,38,41H,2-3,5-6,10-12,17-18,20-23,25H2/p+1/t26?,30-,34+,35-,36-/m0/s1. The molecule has 2 aromatic heterocycles. The van der Waals surface area contributed by atoms with Crippen LogP contribution in [0.3, 0.4) is 0 Å². The first-order valence-electron chi connectivity index (χ1n) is 16.4. The Bertz CT molecular complexity index is 1530. The van der Waals surface area contributed by atoms with Crippen LogP contribution in [0.2, 0.25) is 0 Å². The second-order valence-corrected chi connectivity index (χ2v) is 13.7. The first-order valence-corrected chi connectivity index (χ1v) is 16.4. The van der Waals surface area contributed by atoms with E-state index in [0.717, 1.165) is 55.5 Å². The maximum atomic E-state index is 13.1. The maximum absolute atomic E-state index is 13.1. The molecule has 0 saturated carbocycles. The topological polar surface area (TPSA) is 56.6 Å². The van der Waals surface area contributed by atoms with E-state index in [1.807, 2.05) is 6.20 Å². The van der Waals surface area contributed by atoms with Crippen LogP contribution in [-0.4, -0.2) is 63.8 Å². The molecule has 0 radical (unpaired) electrons. The molecule has 1 aliphatic carbocycles. The zero-order valence-electron chi connectivity index (χ0n) is 24.3. The number of rotatable bonds is 1. The minimum absolute atomic E-state index is 0.0411. The van der Waals surface area contributed by atoms with Crippen LogP contribution in [-0.2, 0) is 0 Å². The zero-order valence-corrected chi connectivity index (χ0v) is 24.3. The van der Waals surface area contributed by atoms with Gasteiger partial charge in [-0.05, 0) is 107 Å². The van der Waals surface area contributed by atoms with Crippen molar-refractivity contribution in [3.63, 3.8) is 0 Å². The molecule has 41 heavy (non-hydrogen) atoms. The van der Waals surface area contributed by atoms with Crippen LogP contribution >= 0.6 is 0 Å².